The third kappa shape index (κ3) is 3.77. The molecule has 4 N–H and O–H groups in total. The molecule has 2 aromatic rings. The van der Waals surface area contributed by atoms with Crippen LogP contribution in [0.4, 0.5) is 32.2 Å². The van der Waals surface area contributed by atoms with Crippen molar-refractivity contribution in [3.8, 4) is 5.69 Å². The van der Waals surface area contributed by atoms with Crippen molar-refractivity contribution in [3.63, 3.8) is 0 Å². The Kier molecular flexibility index (Phi) is 5.53. The number of halogens is 8. The van der Waals surface area contributed by atoms with Crippen molar-refractivity contribution in [2.45, 2.75) is 23.1 Å². The van der Waals surface area contributed by atoms with E-state index in [1.54, 1.807) is 0 Å². The Morgan fingerprint density at radius 1 is 1.12 bits per heavy atom. The van der Waals surface area contributed by atoms with Gasteiger partial charge in [-0.2, -0.15) is 31.4 Å². The van der Waals surface area contributed by atoms with Crippen LogP contribution in [0.2, 0.25) is 10.0 Å². The smallest absolute Gasteiger partial charge is 0.383 e. The van der Waals surface area contributed by atoms with Gasteiger partial charge in [0.15, 0.2) is 10.8 Å². The zero-order chi connectivity index (χ0) is 20.0. The largest absolute Gasteiger partial charge is 0.476 e. The second-order valence-electron chi connectivity index (χ2n) is 4.78. The minimum absolute atomic E-state index is 0.404. The van der Waals surface area contributed by atoms with E-state index >= 15 is 0 Å². The molecule has 1 atom stereocenters. The fraction of sp³-hybridized carbons (Fsp3) is 0.250. The Morgan fingerprint density at radius 2 is 1.62 bits per heavy atom. The quantitative estimate of drug-likeness (QED) is 0.709. The first kappa shape index (κ1) is 20.8. The lowest BCUT2D eigenvalue weighted by Gasteiger charge is -2.13. The molecular weight excluding hydrogens is 433 g/mol. The lowest BCUT2D eigenvalue weighted by Crippen LogP contribution is -2.19. The topological polar surface area (TPSA) is 86.9 Å². The van der Waals surface area contributed by atoms with E-state index < -0.39 is 66.7 Å². The summed E-state index contributed by atoms with van der Waals surface area (Å²) in [4.78, 5) is -0.910. The van der Waals surface area contributed by atoms with Crippen LogP contribution in [-0.4, -0.2) is 19.5 Å². The minimum atomic E-state index is -5.15. The van der Waals surface area contributed by atoms with Gasteiger partial charge in [0, 0.05) is 6.54 Å². The molecule has 26 heavy (non-hydrogen) atoms. The van der Waals surface area contributed by atoms with Crippen molar-refractivity contribution < 1.29 is 30.6 Å². The molecule has 0 aliphatic carbocycles. The average molecular weight is 441 g/mol. The molecule has 1 aromatic carbocycles. The Hall–Kier alpha value is -1.50. The van der Waals surface area contributed by atoms with Gasteiger partial charge in [-0.1, -0.05) is 23.2 Å². The number of nitrogens with two attached hydrogens (primary N) is 2. The molecule has 0 saturated heterocycles. The first-order valence-corrected chi connectivity index (χ1v) is 8.32. The SMILES string of the molecule is NCc1nn(-c2c(Cl)cc(C(F)(F)F)cc2Cl)c(N)c1[S@@](=O)C(F)(F)F. The van der Waals surface area contributed by atoms with E-state index in [9.17, 15) is 30.6 Å². The van der Waals surface area contributed by atoms with Gasteiger partial charge in [-0.25, -0.2) is 8.89 Å². The number of nitrogens with zero attached hydrogens (tertiary/aromatic N) is 2. The fourth-order valence-corrected chi connectivity index (χ4v) is 3.51. The summed E-state index contributed by atoms with van der Waals surface area (Å²) in [6.45, 7) is -0.565. The first-order valence-electron chi connectivity index (χ1n) is 6.41. The third-order valence-electron chi connectivity index (χ3n) is 3.09. The fourth-order valence-electron chi connectivity index (χ4n) is 2.02. The second-order valence-corrected chi connectivity index (χ2v) is 7.00. The molecule has 1 aromatic heterocycles. The molecular formula is C12H8Cl2F6N4OS. The third-order valence-corrected chi connectivity index (χ3v) is 4.90. The zero-order valence-electron chi connectivity index (χ0n) is 12.3. The van der Waals surface area contributed by atoms with Crippen LogP contribution >= 0.6 is 23.2 Å². The number of hydrogen-bond donors (Lipinski definition) is 2. The summed E-state index contributed by atoms with van der Waals surface area (Å²) in [5.41, 5.74) is 3.68. The lowest BCUT2D eigenvalue weighted by molar-refractivity contribution is -0.137. The highest BCUT2D eigenvalue weighted by Crippen LogP contribution is 2.40. The summed E-state index contributed by atoms with van der Waals surface area (Å²) in [6, 6.07) is 1.01. The van der Waals surface area contributed by atoms with Gasteiger partial charge >= 0.3 is 11.7 Å². The highest BCUT2D eigenvalue weighted by atomic mass is 35.5. The number of hydrogen-bond acceptors (Lipinski definition) is 4. The maximum absolute atomic E-state index is 12.8. The number of rotatable bonds is 3. The van der Waals surface area contributed by atoms with Gasteiger partial charge in [-0.15, -0.1) is 0 Å². The number of aromatic nitrogens is 2. The predicted molar refractivity (Wildman–Crippen MR) is 83.4 cm³/mol. The molecule has 0 spiro atoms. The molecule has 0 bridgehead atoms. The van der Waals surface area contributed by atoms with E-state index in [0.717, 1.165) is 0 Å². The van der Waals surface area contributed by atoms with Crippen molar-refractivity contribution in [2.75, 3.05) is 5.73 Å². The summed E-state index contributed by atoms with van der Waals surface area (Å²) in [5.74, 6) is -0.760. The highest BCUT2D eigenvalue weighted by Gasteiger charge is 2.42. The van der Waals surface area contributed by atoms with Gasteiger partial charge in [0.05, 0.1) is 21.3 Å². The molecule has 0 radical (unpaired) electrons. The summed E-state index contributed by atoms with van der Waals surface area (Å²) in [7, 11) is -3.56. The van der Waals surface area contributed by atoms with Crippen molar-refractivity contribution in [3.05, 3.63) is 33.4 Å². The van der Waals surface area contributed by atoms with Crippen LogP contribution in [0.15, 0.2) is 17.0 Å². The van der Waals surface area contributed by atoms with Crippen LogP contribution in [0.25, 0.3) is 5.69 Å². The van der Waals surface area contributed by atoms with Gasteiger partial charge in [-0.05, 0) is 12.1 Å². The van der Waals surface area contributed by atoms with Crippen molar-refractivity contribution in [2.24, 2.45) is 5.73 Å². The second kappa shape index (κ2) is 6.91. The molecule has 0 fully saturated rings. The molecule has 0 amide bonds. The zero-order valence-corrected chi connectivity index (χ0v) is 14.6. The van der Waals surface area contributed by atoms with E-state index in [1.165, 1.54) is 0 Å². The van der Waals surface area contributed by atoms with Gasteiger partial charge in [0.2, 0.25) is 0 Å². The highest BCUT2D eigenvalue weighted by molar-refractivity contribution is 7.86. The minimum Gasteiger partial charge on any atom is -0.383 e. The number of alkyl halides is 6. The molecule has 5 nitrogen and oxygen atoms in total. The number of anilines is 1. The Bertz CT molecular complexity index is 857. The number of nitrogen functional groups attached to an aromatic ring is 1. The van der Waals surface area contributed by atoms with Gasteiger partial charge in [-0.3, -0.25) is 0 Å². The standard InChI is InChI=1S/C12H8Cl2F6N4OS/c13-5-1-4(11(15,16)17)2-6(14)8(5)24-10(22)9(7(3-21)23-24)26(25)12(18,19)20/h1-2H,3,21-22H2/t26-/m1/s1. The van der Waals surface area contributed by atoms with Gasteiger partial charge < -0.3 is 11.5 Å². The van der Waals surface area contributed by atoms with Gasteiger partial charge in [0.1, 0.15) is 16.4 Å². The van der Waals surface area contributed by atoms with E-state index in [4.69, 9.17) is 34.7 Å². The Balaban J connectivity index is 2.72. The van der Waals surface area contributed by atoms with Crippen LogP contribution in [0.1, 0.15) is 11.3 Å². The lowest BCUT2D eigenvalue weighted by atomic mass is 10.2. The maximum Gasteiger partial charge on any atom is 0.476 e. The molecule has 0 aliphatic rings. The summed E-state index contributed by atoms with van der Waals surface area (Å²) in [6.07, 6.45) is -4.76. The monoisotopic (exact) mass is 440 g/mol. The molecule has 14 heteroatoms. The van der Waals surface area contributed by atoms with Crippen LogP contribution in [-0.2, 0) is 23.5 Å². The van der Waals surface area contributed by atoms with Crippen LogP contribution in [0.3, 0.4) is 0 Å². The van der Waals surface area contributed by atoms with E-state index in [-0.39, 0.29) is 0 Å². The van der Waals surface area contributed by atoms with Gasteiger partial charge in [0.25, 0.3) is 0 Å². The van der Waals surface area contributed by atoms with Crippen LogP contribution in [0, 0.1) is 0 Å². The molecule has 2 rings (SSSR count). The normalized spacial score (nSPS) is 13.9. The Morgan fingerprint density at radius 3 is 2.00 bits per heavy atom. The van der Waals surface area contributed by atoms with E-state index in [2.05, 4.69) is 5.10 Å². The molecule has 0 unspecified atom stereocenters. The van der Waals surface area contributed by atoms with E-state index in [1.807, 2.05) is 0 Å². The summed E-state index contributed by atoms with van der Waals surface area (Å²) in [5, 5.41) is 2.52. The molecule has 144 valence electrons. The van der Waals surface area contributed by atoms with E-state index in [0.29, 0.717) is 16.8 Å². The maximum atomic E-state index is 12.8. The predicted octanol–water partition coefficient (Wildman–Crippen LogP) is 3.87. The molecule has 0 saturated carbocycles. The average Bonchev–Trinajstić information content (AvgIpc) is 2.80. The van der Waals surface area contributed by atoms with Crippen molar-refractivity contribution >= 4 is 39.8 Å². The number of benzene rings is 1. The Labute approximate surface area is 154 Å². The summed E-state index contributed by atoms with van der Waals surface area (Å²) >= 11 is 11.6. The molecule has 0 aliphatic heterocycles. The van der Waals surface area contributed by atoms with Crippen molar-refractivity contribution in [1.29, 1.82) is 0 Å². The van der Waals surface area contributed by atoms with Crippen LogP contribution < -0.4 is 11.5 Å². The molecule has 1 heterocycles. The van der Waals surface area contributed by atoms with Crippen molar-refractivity contribution in [1.82, 2.24) is 9.78 Å². The van der Waals surface area contributed by atoms with Crippen LogP contribution in [0.5, 0.6) is 0 Å². The summed E-state index contributed by atoms with van der Waals surface area (Å²) < 4.78 is 88.9. The first-order chi connectivity index (χ1) is 11.8.